The van der Waals surface area contributed by atoms with Crippen molar-refractivity contribution in [1.29, 1.82) is 0 Å². The number of anilines is 1. The number of carbonyl (C=O) groups is 1. The molecule has 0 aliphatic carbocycles. The molecule has 1 aliphatic heterocycles. The summed E-state index contributed by atoms with van der Waals surface area (Å²) >= 11 is 1.07. The fraction of sp³-hybridized carbons (Fsp3) is 0.625. The van der Waals surface area contributed by atoms with Gasteiger partial charge in [0.25, 0.3) is 0 Å². The van der Waals surface area contributed by atoms with Crippen LogP contribution in [0.2, 0.25) is 0 Å². The van der Waals surface area contributed by atoms with Crippen LogP contribution >= 0.6 is 11.5 Å². The number of aliphatic hydroxyl groups excluding tert-OH is 1. The van der Waals surface area contributed by atoms with Crippen LogP contribution in [0.1, 0.15) is 5.82 Å². The molecule has 0 aromatic carbocycles. The van der Waals surface area contributed by atoms with Crippen molar-refractivity contribution in [2.45, 2.75) is 19.4 Å². The van der Waals surface area contributed by atoms with Crippen molar-refractivity contribution in [2.24, 2.45) is 0 Å². The Hall–Kier alpha value is -1.25. The number of nitrogens with zero attached hydrogens (tertiary/aromatic N) is 4. The monoisotopic (exact) mass is 244 g/mol. The number of urea groups is 1. The number of aromatic nitrogens is 2. The van der Waals surface area contributed by atoms with Gasteiger partial charge >= 0.3 is 6.03 Å². The average molecular weight is 244 g/mol. The molecule has 7 nitrogen and oxygen atoms in total. The summed E-state index contributed by atoms with van der Waals surface area (Å²) in [5.41, 5.74) is 0. The summed E-state index contributed by atoms with van der Waals surface area (Å²) in [6.07, 6.45) is -1.74. The third kappa shape index (κ3) is 1.55. The Kier molecular flexibility index (Phi) is 2.78. The molecular formula is C8H12N4O3S. The van der Waals surface area contributed by atoms with Crippen LogP contribution in [0.4, 0.5) is 9.93 Å². The molecule has 2 rings (SSSR count). The minimum atomic E-state index is -1.06. The Morgan fingerprint density at radius 2 is 2.25 bits per heavy atom. The average Bonchev–Trinajstić information content (AvgIpc) is 2.73. The maximum Gasteiger partial charge on any atom is 0.330 e. The fourth-order valence-electron chi connectivity index (χ4n) is 1.58. The van der Waals surface area contributed by atoms with Crippen LogP contribution < -0.4 is 4.90 Å². The molecule has 2 atom stereocenters. The fourth-order valence-corrected chi connectivity index (χ4v) is 2.28. The zero-order valence-corrected chi connectivity index (χ0v) is 9.93. The van der Waals surface area contributed by atoms with Gasteiger partial charge in [-0.25, -0.2) is 14.7 Å². The molecule has 8 heteroatoms. The molecule has 1 N–H and O–H groups in total. The first-order chi connectivity index (χ1) is 7.56. The number of ether oxygens (including phenoxy) is 1. The van der Waals surface area contributed by atoms with Crippen LogP contribution in [0.3, 0.4) is 0 Å². The minimum Gasteiger partial charge on any atom is -0.369 e. The van der Waals surface area contributed by atoms with Crippen molar-refractivity contribution in [2.75, 3.05) is 19.1 Å². The summed E-state index contributed by atoms with van der Waals surface area (Å²) in [5.74, 6) is 0.573. The van der Waals surface area contributed by atoms with Crippen LogP contribution in [-0.2, 0) is 4.74 Å². The highest BCUT2D eigenvalue weighted by molar-refractivity contribution is 7.09. The number of aryl methyl sites for hydroxylation is 1. The predicted molar refractivity (Wildman–Crippen MR) is 57.1 cm³/mol. The molecule has 16 heavy (non-hydrogen) atoms. The van der Waals surface area contributed by atoms with E-state index in [0.717, 1.165) is 11.5 Å². The summed E-state index contributed by atoms with van der Waals surface area (Å²) in [4.78, 5) is 18.4. The Morgan fingerprint density at radius 3 is 2.69 bits per heavy atom. The highest BCUT2D eigenvalue weighted by atomic mass is 32.1. The van der Waals surface area contributed by atoms with E-state index in [4.69, 9.17) is 4.74 Å². The van der Waals surface area contributed by atoms with Crippen LogP contribution in [0, 0.1) is 6.92 Å². The maximum atomic E-state index is 11.8. The van der Waals surface area contributed by atoms with Crippen molar-refractivity contribution >= 4 is 22.7 Å². The van der Waals surface area contributed by atoms with Gasteiger partial charge in [-0.3, -0.25) is 4.90 Å². The number of hydrogen-bond donors (Lipinski definition) is 1. The summed E-state index contributed by atoms with van der Waals surface area (Å²) in [6.45, 7) is 1.73. The van der Waals surface area contributed by atoms with Gasteiger partial charge in [0, 0.05) is 25.7 Å². The molecule has 1 saturated heterocycles. The summed E-state index contributed by atoms with van der Waals surface area (Å²) < 4.78 is 9.01. The quantitative estimate of drug-likeness (QED) is 0.792. The van der Waals surface area contributed by atoms with E-state index < -0.39 is 12.5 Å². The van der Waals surface area contributed by atoms with Gasteiger partial charge in [0.15, 0.2) is 12.5 Å². The molecule has 2 unspecified atom stereocenters. The van der Waals surface area contributed by atoms with Crippen molar-refractivity contribution in [3.63, 3.8) is 0 Å². The van der Waals surface area contributed by atoms with Crippen LogP contribution in [0.5, 0.6) is 0 Å². The Balaban J connectivity index is 2.32. The standard InChI is InChI=1S/C8H12N4O3S/c1-4-9-7(16-10-4)12-5(13)6(15-3)11(2)8(12)14/h5-6,13H,1-3H3. The lowest BCUT2D eigenvalue weighted by Crippen LogP contribution is -2.37. The lowest BCUT2D eigenvalue weighted by molar-refractivity contribution is -0.0489. The zero-order valence-electron chi connectivity index (χ0n) is 9.12. The van der Waals surface area contributed by atoms with Gasteiger partial charge in [-0.05, 0) is 6.92 Å². The molecule has 1 aromatic rings. The molecule has 0 saturated carbocycles. The summed E-state index contributed by atoms with van der Waals surface area (Å²) in [7, 11) is 3.00. The predicted octanol–water partition coefficient (Wildman–Crippen LogP) is 0.00922. The van der Waals surface area contributed by atoms with E-state index in [0.29, 0.717) is 11.0 Å². The number of carbonyl (C=O) groups excluding carboxylic acids is 1. The Morgan fingerprint density at radius 1 is 1.56 bits per heavy atom. The molecule has 1 fully saturated rings. The van der Waals surface area contributed by atoms with Crippen molar-refractivity contribution in [3.8, 4) is 0 Å². The topological polar surface area (TPSA) is 78.8 Å². The van der Waals surface area contributed by atoms with E-state index in [1.807, 2.05) is 0 Å². The smallest absolute Gasteiger partial charge is 0.330 e. The second-order valence-electron chi connectivity index (χ2n) is 3.43. The van der Waals surface area contributed by atoms with Gasteiger partial charge in [-0.2, -0.15) is 4.37 Å². The second kappa shape index (κ2) is 3.96. The number of amides is 2. The normalized spacial score (nSPS) is 25.6. The molecule has 0 bridgehead atoms. The second-order valence-corrected chi connectivity index (χ2v) is 4.16. The van der Waals surface area contributed by atoms with Crippen molar-refractivity contribution in [1.82, 2.24) is 14.3 Å². The summed E-state index contributed by atoms with van der Waals surface area (Å²) in [5, 5.41) is 10.3. The third-order valence-corrected chi connectivity index (χ3v) is 3.18. The van der Waals surface area contributed by atoms with Gasteiger partial charge in [-0.1, -0.05) is 0 Å². The van der Waals surface area contributed by atoms with Gasteiger partial charge in [0.05, 0.1) is 0 Å². The van der Waals surface area contributed by atoms with E-state index in [9.17, 15) is 9.90 Å². The van der Waals surface area contributed by atoms with E-state index >= 15 is 0 Å². The first kappa shape index (κ1) is 11.2. The van der Waals surface area contributed by atoms with E-state index in [-0.39, 0.29) is 6.03 Å². The Bertz CT molecular complexity index is 410. The van der Waals surface area contributed by atoms with Gasteiger partial charge in [-0.15, -0.1) is 0 Å². The number of aliphatic hydroxyl groups is 1. The molecular weight excluding hydrogens is 232 g/mol. The number of hydrogen-bond acceptors (Lipinski definition) is 6. The maximum absolute atomic E-state index is 11.8. The van der Waals surface area contributed by atoms with E-state index in [1.54, 1.807) is 14.0 Å². The molecule has 88 valence electrons. The first-order valence-electron chi connectivity index (χ1n) is 4.63. The highest BCUT2D eigenvalue weighted by Crippen LogP contribution is 2.28. The lowest BCUT2D eigenvalue weighted by atomic mass is 10.5. The lowest BCUT2D eigenvalue weighted by Gasteiger charge is -2.18. The van der Waals surface area contributed by atoms with Gasteiger partial charge in [0.1, 0.15) is 5.82 Å². The van der Waals surface area contributed by atoms with Gasteiger partial charge < -0.3 is 9.84 Å². The largest absolute Gasteiger partial charge is 0.369 e. The number of likely N-dealkylation sites (N-methyl/N-ethyl adjacent to an activating group) is 1. The van der Waals surface area contributed by atoms with Crippen molar-refractivity contribution in [3.05, 3.63) is 5.82 Å². The van der Waals surface area contributed by atoms with E-state index in [2.05, 4.69) is 9.36 Å². The third-order valence-electron chi connectivity index (χ3n) is 2.37. The van der Waals surface area contributed by atoms with Crippen LogP contribution in [-0.4, -0.2) is 52.0 Å². The minimum absolute atomic E-state index is 0.351. The molecule has 2 heterocycles. The van der Waals surface area contributed by atoms with Gasteiger partial charge in [0.2, 0.25) is 5.13 Å². The summed E-state index contributed by atoms with van der Waals surface area (Å²) in [6, 6.07) is -0.351. The molecule has 0 radical (unpaired) electrons. The SMILES string of the molecule is COC1C(O)N(c2nc(C)ns2)C(=O)N1C. The zero-order chi connectivity index (χ0) is 11.9. The highest BCUT2D eigenvalue weighted by Gasteiger charge is 2.45. The number of rotatable bonds is 2. The first-order valence-corrected chi connectivity index (χ1v) is 5.40. The molecule has 2 amide bonds. The van der Waals surface area contributed by atoms with Crippen molar-refractivity contribution < 1.29 is 14.6 Å². The Labute approximate surface area is 96.4 Å². The molecule has 1 aromatic heterocycles. The van der Waals surface area contributed by atoms with Crippen LogP contribution in [0.25, 0.3) is 0 Å². The van der Waals surface area contributed by atoms with E-state index in [1.165, 1.54) is 16.9 Å². The molecule has 0 spiro atoms. The molecule has 1 aliphatic rings. The number of methoxy groups -OCH3 is 1. The van der Waals surface area contributed by atoms with Crippen LogP contribution in [0.15, 0.2) is 0 Å².